The lowest BCUT2D eigenvalue weighted by atomic mass is 9.99. The number of carbonyl (C=O) groups is 3. The van der Waals surface area contributed by atoms with Crippen LogP contribution in [0.5, 0.6) is 11.5 Å². The predicted molar refractivity (Wildman–Crippen MR) is 125 cm³/mol. The zero-order chi connectivity index (χ0) is 24.8. The molecular weight excluding hydrogens is 485 g/mol. The van der Waals surface area contributed by atoms with E-state index >= 15 is 0 Å². The zero-order valence-electron chi connectivity index (χ0n) is 18.1. The predicted octanol–water partition coefficient (Wildman–Crippen LogP) is 3.98. The van der Waals surface area contributed by atoms with Gasteiger partial charge < -0.3 is 14.4 Å². The van der Waals surface area contributed by atoms with E-state index < -0.39 is 17.7 Å². The van der Waals surface area contributed by atoms with E-state index in [0.29, 0.717) is 24.3 Å². The minimum absolute atomic E-state index is 0.0486. The van der Waals surface area contributed by atoms with Crippen molar-refractivity contribution in [3.05, 3.63) is 51.5 Å². The molecule has 0 aliphatic carbocycles. The number of nitrogens with one attached hydrogen (secondary N) is 2. The topological polar surface area (TPSA) is 133 Å². The number of ether oxygens (including phenoxy) is 2. The van der Waals surface area contributed by atoms with E-state index in [1.165, 1.54) is 12.1 Å². The Bertz CT molecular complexity index is 1200. The molecule has 0 fully saturated rings. The quantitative estimate of drug-likeness (QED) is 0.449. The van der Waals surface area contributed by atoms with E-state index in [9.17, 15) is 14.4 Å². The first-order valence-corrected chi connectivity index (χ1v) is 10.8. The highest BCUT2D eigenvalue weighted by Gasteiger charge is 2.22. The van der Waals surface area contributed by atoms with Crippen molar-refractivity contribution in [2.45, 2.75) is 13.3 Å². The minimum Gasteiger partial charge on any atom is -0.454 e. The van der Waals surface area contributed by atoms with Gasteiger partial charge in [-0.3, -0.25) is 20.3 Å². The van der Waals surface area contributed by atoms with Crippen molar-refractivity contribution in [2.75, 3.05) is 25.6 Å². The Morgan fingerprint density at radius 1 is 1.24 bits per heavy atom. The van der Waals surface area contributed by atoms with Crippen LogP contribution in [0.15, 0.2) is 35.4 Å². The van der Waals surface area contributed by atoms with Gasteiger partial charge in [-0.05, 0) is 49.2 Å². The maximum Gasteiger partial charge on any atom is 0.414 e. The van der Waals surface area contributed by atoms with Crippen LogP contribution in [0.1, 0.15) is 22.8 Å². The van der Waals surface area contributed by atoms with Gasteiger partial charge in [-0.1, -0.05) is 23.2 Å². The fourth-order valence-corrected chi connectivity index (χ4v) is 3.61. The van der Waals surface area contributed by atoms with Crippen LogP contribution in [-0.4, -0.2) is 48.7 Å². The molecule has 2 aromatic carbocycles. The lowest BCUT2D eigenvalue weighted by Gasteiger charge is -2.25. The number of nitrogens with zero attached hydrogens (tertiary/aromatic N) is 3. The lowest BCUT2D eigenvalue weighted by Crippen LogP contribution is -2.36. The molecule has 0 bridgehead atoms. The van der Waals surface area contributed by atoms with E-state index in [1.807, 2.05) is 5.32 Å². The van der Waals surface area contributed by atoms with Crippen LogP contribution in [-0.2, 0) is 16.0 Å². The third kappa shape index (κ3) is 5.75. The third-order valence-electron chi connectivity index (χ3n) is 4.70. The van der Waals surface area contributed by atoms with Crippen molar-refractivity contribution in [1.82, 2.24) is 10.2 Å². The molecule has 0 spiro atoms. The first-order valence-electron chi connectivity index (χ1n) is 10.0. The second kappa shape index (κ2) is 10.9. The molecule has 0 saturated carbocycles. The van der Waals surface area contributed by atoms with Crippen molar-refractivity contribution in [3.8, 4) is 17.6 Å². The molecule has 1 heterocycles. The number of hydrazone groups is 1. The van der Waals surface area contributed by atoms with Gasteiger partial charge in [0.05, 0.1) is 22.3 Å². The number of fused-ring (bicyclic) bond motifs is 1. The zero-order valence-corrected chi connectivity index (χ0v) is 19.7. The lowest BCUT2D eigenvalue weighted by molar-refractivity contribution is -0.114. The third-order valence-corrected chi connectivity index (χ3v) is 5.26. The number of carbonyl (C=O) groups excluding carboxylic acids is 3. The Hall–Kier alpha value is -3.81. The molecule has 3 rings (SSSR count). The van der Waals surface area contributed by atoms with Gasteiger partial charge in [-0.25, -0.2) is 4.79 Å². The summed E-state index contributed by atoms with van der Waals surface area (Å²) >= 11 is 12.6. The summed E-state index contributed by atoms with van der Waals surface area (Å²) in [5.41, 5.74) is 3.62. The maximum atomic E-state index is 12.2. The molecule has 1 aliphatic heterocycles. The largest absolute Gasteiger partial charge is 0.454 e. The number of amides is 3. The maximum absolute atomic E-state index is 12.2. The number of halogens is 2. The van der Waals surface area contributed by atoms with Gasteiger partial charge in [0, 0.05) is 19.2 Å². The Labute approximate surface area is 205 Å². The monoisotopic (exact) mass is 503 g/mol. The summed E-state index contributed by atoms with van der Waals surface area (Å²) in [4.78, 5) is 37.1. The molecule has 0 saturated heterocycles. The Morgan fingerprint density at radius 2 is 1.94 bits per heavy atom. The van der Waals surface area contributed by atoms with Crippen LogP contribution in [0.25, 0.3) is 0 Å². The van der Waals surface area contributed by atoms with Gasteiger partial charge in [0.25, 0.3) is 11.8 Å². The van der Waals surface area contributed by atoms with Gasteiger partial charge in [0.1, 0.15) is 11.8 Å². The molecule has 34 heavy (non-hydrogen) atoms. The second-order valence-corrected chi connectivity index (χ2v) is 7.84. The number of likely N-dealkylation sites (N-methyl/N-ethyl adjacent to an activating group) is 1. The van der Waals surface area contributed by atoms with Crippen molar-refractivity contribution in [1.29, 1.82) is 5.26 Å². The van der Waals surface area contributed by atoms with Gasteiger partial charge in [0.15, 0.2) is 5.75 Å². The highest BCUT2D eigenvalue weighted by atomic mass is 35.5. The summed E-state index contributed by atoms with van der Waals surface area (Å²) < 4.78 is 10.4. The number of rotatable bonds is 6. The summed E-state index contributed by atoms with van der Waals surface area (Å²) in [6.07, 6.45) is -0.302. The van der Waals surface area contributed by atoms with Gasteiger partial charge in [0.2, 0.25) is 5.71 Å². The molecule has 0 radical (unpaired) electrons. The van der Waals surface area contributed by atoms with Crippen LogP contribution in [0.4, 0.5) is 10.5 Å². The summed E-state index contributed by atoms with van der Waals surface area (Å²) in [5.74, 6) is -0.450. The summed E-state index contributed by atoms with van der Waals surface area (Å²) in [6.45, 7) is 2.24. The van der Waals surface area contributed by atoms with Gasteiger partial charge in [-0.15, -0.1) is 0 Å². The standard InChI is InChI=1S/C22H19Cl2N5O5/c1-3-33-22(32)26-20(30)18(11-25)28-27-13-9-16(23)19(17(24)10-13)34-14-4-5-15-12(8-14)6-7-29(2)21(15)31/h4-5,8-10,27H,3,6-7H2,1-2H3,(H,26,30,32). The van der Waals surface area contributed by atoms with Crippen LogP contribution in [0.2, 0.25) is 10.0 Å². The number of hydrogen-bond acceptors (Lipinski definition) is 8. The van der Waals surface area contributed by atoms with E-state index in [2.05, 4.69) is 15.3 Å². The fraction of sp³-hybridized carbons (Fsp3) is 0.227. The number of alkyl carbamates (subject to hydrolysis) is 1. The molecular formula is C22H19Cl2N5O5. The van der Waals surface area contributed by atoms with Crippen molar-refractivity contribution >= 4 is 52.5 Å². The fourth-order valence-electron chi connectivity index (χ4n) is 3.05. The highest BCUT2D eigenvalue weighted by Crippen LogP contribution is 2.39. The Morgan fingerprint density at radius 3 is 2.59 bits per heavy atom. The Kier molecular flexibility index (Phi) is 7.94. The van der Waals surface area contributed by atoms with Crippen LogP contribution < -0.4 is 15.5 Å². The molecule has 12 heteroatoms. The minimum atomic E-state index is -1.04. The Balaban J connectivity index is 1.75. The number of nitriles is 1. The highest BCUT2D eigenvalue weighted by molar-refractivity contribution is 6.47. The SMILES string of the molecule is CCOC(=O)NC(=O)C(C#N)=NNc1cc(Cl)c(Oc2ccc3c(c2)CCN(C)C3=O)c(Cl)c1. The smallest absolute Gasteiger partial charge is 0.414 e. The first-order chi connectivity index (χ1) is 16.2. The average Bonchev–Trinajstić information content (AvgIpc) is 2.79. The van der Waals surface area contributed by atoms with Crippen molar-refractivity contribution in [2.24, 2.45) is 5.10 Å². The van der Waals surface area contributed by atoms with E-state index in [4.69, 9.17) is 33.2 Å². The number of hydrogen-bond donors (Lipinski definition) is 2. The van der Waals surface area contributed by atoms with E-state index in [0.717, 1.165) is 5.56 Å². The second-order valence-electron chi connectivity index (χ2n) is 7.03. The van der Waals surface area contributed by atoms with E-state index in [1.54, 1.807) is 43.1 Å². The van der Waals surface area contributed by atoms with Crippen molar-refractivity contribution < 1.29 is 23.9 Å². The van der Waals surface area contributed by atoms with Gasteiger partial charge >= 0.3 is 6.09 Å². The summed E-state index contributed by atoms with van der Waals surface area (Å²) in [5, 5.41) is 14.9. The summed E-state index contributed by atoms with van der Waals surface area (Å²) in [7, 11) is 1.75. The average molecular weight is 504 g/mol. The molecule has 0 atom stereocenters. The number of anilines is 1. The van der Waals surface area contributed by atoms with Crippen LogP contribution in [0, 0.1) is 11.3 Å². The van der Waals surface area contributed by atoms with Gasteiger partial charge in [-0.2, -0.15) is 10.4 Å². The molecule has 0 aromatic heterocycles. The first kappa shape index (κ1) is 24.8. The molecule has 0 unspecified atom stereocenters. The molecule has 176 valence electrons. The molecule has 10 nitrogen and oxygen atoms in total. The number of imide groups is 1. The normalized spacial score (nSPS) is 13.0. The molecule has 3 amide bonds. The molecule has 2 aromatic rings. The van der Waals surface area contributed by atoms with Crippen LogP contribution in [0.3, 0.4) is 0 Å². The molecule has 1 aliphatic rings. The summed E-state index contributed by atoms with van der Waals surface area (Å²) in [6, 6.07) is 9.55. The van der Waals surface area contributed by atoms with E-state index in [-0.39, 0.29) is 34.0 Å². The number of benzene rings is 2. The molecule has 2 N–H and O–H groups in total. The van der Waals surface area contributed by atoms with Crippen molar-refractivity contribution in [3.63, 3.8) is 0 Å². The van der Waals surface area contributed by atoms with Crippen LogP contribution >= 0.6 is 23.2 Å².